The third-order valence-electron chi connectivity index (χ3n) is 2.35. The van der Waals surface area contributed by atoms with Crippen molar-refractivity contribution >= 4 is 0 Å². The molecule has 0 saturated carbocycles. The Hall–Kier alpha value is -1.05. The highest BCUT2D eigenvalue weighted by molar-refractivity contribution is 5.35. The van der Waals surface area contributed by atoms with E-state index in [1.165, 1.54) is 18.2 Å². The molecule has 2 heteroatoms. The van der Waals surface area contributed by atoms with Gasteiger partial charge in [-0.05, 0) is 42.0 Å². The van der Waals surface area contributed by atoms with Crippen LogP contribution in [0.2, 0.25) is 0 Å². The van der Waals surface area contributed by atoms with E-state index in [0.29, 0.717) is 11.5 Å². The SMILES string of the molecule is CC(C)CC(C)c1cc(F)ccc1O. The molecule has 0 saturated heterocycles. The van der Waals surface area contributed by atoms with Crippen LogP contribution < -0.4 is 0 Å². The molecule has 1 aromatic rings. The standard InChI is InChI=1S/C12H17FO/c1-8(2)6-9(3)11-7-10(13)4-5-12(11)14/h4-5,7-9,14H,6H2,1-3H3. The molecule has 0 aliphatic rings. The highest BCUT2D eigenvalue weighted by Crippen LogP contribution is 2.30. The smallest absolute Gasteiger partial charge is 0.123 e. The van der Waals surface area contributed by atoms with E-state index in [9.17, 15) is 9.50 Å². The zero-order valence-corrected chi connectivity index (χ0v) is 8.92. The van der Waals surface area contributed by atoms with E-state index in [1.807, 2.05) is 6.92 Å². The first-order valence-corrected chi connectivity index (χ1v) is 4.99. The fraction of sp³-hybridized carbons (Fsp3) is 0.500. The van der Waals surface area contributed by atoms with Gasteiger partial charge in [0.15, 0.2) is 0 Å². The minimum Gasteiger partial charge on any atom is -0.508 e. The average molecular weight is 196 g/mol. The highest BCUT2D eigenvalue weighted by Gasteiger charge is 2.12. The van der Waals surface area contributed by atoms with Gasteiger partial charge < -0.3 is 5.11 Å². The van der Waals surface area contributed by atoms with Gasteiger partial charge in [-0.25, -0.2) is 4.39 Å². The fourth-order valence-electron chi connectivity index (χ4n) is 1.75. The number of hydrogen-bond donors (Lipinski definition) is 1. The van der Waals surface area contributed by atoms with Gasteiger partial charge in [0.25, 0.3) is 0 Å². The first-order valence-electron chi connectivity index (χ1n) is 4.99. The molecule has 0 aliphatic heterocycles. The van der Waals surface area contributed by atoms with Crippen molar-refractivity contribution in [2.24, 2.45) is 5.92 Å². The number of phenols is 1. The summed E-state index contributed by atoms with van der Waals surface area (Å²) < 4.78 is 12.9. The maximum atomic E-state index is 12.9. The molecule has 0 heterocycles. The monoisotopic (exact) mass is 196 g/mol. The second kappa shape index (κ2) is 4.45. The van der Waals surface area contributed by atoms with Gasteiger partial charge in [-0.15, -0.1) is 0 Å². The van der Waals surface area contributed by atoms with Gasteiger partial charge in [-0.2, -0.15) is 0 Å². The molecule has 0 spiro atoms. The molecular formula is C12H17FO. The molecule has 0 aromatic heterocycles. The minimum atomic E-state index is -0.284. The second-order valence-electron chi connectivity index (χ2n) is 4.23. The first kappa shape index (κ1) is 11.0. The Bertz CT molecular complexity index is 307. The van der Waals surface area contributed by atoms with E-state index in [4.69, 9.17) is 0 Å². The van der Waals surface area contributed by atoms with Crippen molar-refractivity contribution in [2.75, 3.05) is 0 Å². The lowest BCUT2D eigenvalue weighted by Gasteiger charge is -2.15. The molecule has 1 unspecified atom stereocenters. The summed E-state index contributed by atoms with van der Waals surface area (Å²) >= 11 is 0. The summed E-state index contributed by atoms with van der Waals surface area (Å²) in [4.78, 5) is 0. The lowest BCUT2D eigenvalue weighted by Crippen LogP contribution is -1.99. The molecule has 0 amide bonds. The van der Waals surface area contributed by atoms with E-state index < -0.39 is 0 Å². The predicted octanol–water partition coefficient (Wildman–Crippen LogP) is 3.68. The fourth-order valence-corrected chi connectivity index (χ4v) is 1.75. The molecule has 0 aliphatic carbocycles. The van der Waals surface area contributed by atoms with Crippen LogP contribution in [0.5, 0.6) is 5.75 Å². The normalized spacial score (nSPS) is 13.2. The second-order valence-corrected chi connectivity index (χ2v) is 4.23. The Kier molecular flexibility index (Phi) is 3.50. The van der Waals surface area contributed by atoms with E-state index in [2.05, 4.69) is 13.8 Å². The summed E-state index contributed by atoms with van der Waals surface area (Å²) in [5.74, 6) is 0.659. The number of benzene rings is 1. The van der Waals surface area contributed by atoms with Crippen molar-refractivity contribution in [3.8, 4) is 5.75 Å². The molecule has 1 atom stereocenters. The van der Waals surface area contributed by atoms with Crippen LogP contribution in [0.15, 0.2) is 18.2 Å². The third kappa shape index (κ3) is 2.72. The van der Waals surface area contributed by atoms with Crippen molar-refractivity contribution in [1.82, 2.24) is 0 Å². The lowest BCUT2D eigenvalue weighted by atomic mass is 9.91. The first-order chi connectivity index (χ1) is 6.50. The molecule has 1 nitrogen and oxygen atoms in total. The number of aromatic hydroxyl groups is 1. The van der Waals surface area contributed by atoms with Crippen molar-refractivity contribution in [3.05, 3.63) is 29.6 Å². The van der Waals surface area contributed by atoms with Gasteiger partial charge in [0.1, 0.15) is 11.6 Å². The van der Waals surface area contributed by atoms with Crippen LogP contribution in [0.3, 0.4) is 0 Å². The zero-order valence-electron chi connectivity index (χ0n) is 8.92. The van der Waals surface area contributed by atoms with Gasteiger partial charge in [0, 0.05) is 0 Å². The molecule has 0 radical (unpaired) electrons. The van der Waals surface area contributed by atoms with Crippen LogP contribution in [0.25, 0.3) is 0 Å². The Morgan fingerprint density at radius 3 is 2.50 bits per heavy atom. The third-order valence-corrected chi connectivity index (χ3v) is 2.35. The maximum Gasteiger partial charge on any atom is 0.123 e. The van der Waals surface area contributed by atoms with Crippen LogP contribution >= 0.6 is 0 Å². The molecule has 78 valence electrons. The van der Waals surface area contributed by atoms with Crippen molar-refractivity contribution < 1.29 is 9.50 Å². The largest absolute Gasteiger partial charge is 0.508 e. The van der Waals surface area contributed by atoms with Crippen LogP contribution in [-0.4, -0.2) is 5.11 Å². The Labute approximate surface area is 84.6 Å². The summed E-state index contributed by atoms with van der Waals surface area (Å²) in [6.07, 6.45) is 0.955. The number of phenolic OH excluding ortho intramolecular Hbond substituents is 1. The zero-order chi connectivity index (χ0) is 10.7. The molecule has 1 rings (SSSR count). The topological polar surface area (TPSA) is 20.2 Å². The van der Waals surface area contributed by atoms with Crippen molar-refractivity contribution in [3.63, 3.8) is 0 Å². The Morgan fingerprint density at radius 2 is 1.93 bits per heavy atom. The molecule has 1 aromatic carbocycles. The molecular weight excluding hydrogens is 179 g/mol. The van der Waals surface area contributed by atoms with Crippen molar-refractivity contribution in [1.29, 1.82) is 0 Å². The minimum absolute atomic E-state index is 0.194. The Balaban J connectivity index is 2.88. The number of hydrogen-bond acceptors (Lipinski definition) is 1. The summed E-state index contributed by atoms with van der Waals surface area (Å²) in [6, 6.07) is 4.12. The summed E-state index contributed by atoms with van der Waals surface area (Å²) in [5, 5.41) is 9.55. The number of rotatable bonds is 3. The van der Waals surface area contributed by atoms with Crippen molar-refractivity contribution in [2.45, 2.75) is 33.1 Å². The van der Waals surface area contributed by atoms with E-state index >= 15 is 0 Å². The number of halogens is 1. The predicted molar refractivity (Wildman–Crippen MR) is 55.9 cm³/mol. The molecule has 0 bridgehead atoms. The maximum absolute atomic E-state index is 12.9. The summed E-state index contributed by atoms with van der Waals surface area (Å²) in [6.45, 7) is 6.24. The van der Waals surface area contributed by atoms with Crippen LogP contribution in [0, 0.1) is 11.7 Å². The molecule has 0 fully saturated rings. The van der Waals surface area contributed by atoms with Gasteiger partial charge in [0.05, 0.1) is 0 Å². The van der Waals surface area contributed by atoms with E-state index in [1.54, 1.807) is 0 Å². The van der Waals surface area contributed by atoms with Gasteiger partial charge >= 0.3 is 0 Å². The highest BCUT2D eigenvalue weighted by atomic mass is 19.1. The molecule has 1 N–H and O–H groups in total. The van der Waals surface area contributed by atoms with Crippen LogP contribution in [0.4, 0.5) is 4.39 Å². The van der Waals surface area contributed by atoms with E-state index in [0.717, 1.165) is 6.42 Å². The quantitative estimate of drug-likeness (QED) is 0.781. The van der Waals surface area contributed by atoms with Crippen LogP contribution in [-0.2, 0) is 0 Å². The van der Waals surface area contributed by atoms with Crippen LogP contribution in [0.1, 0.15) is 38.7 Å². The molecule has 14 heavy (non-hydrogen) atoms. The van der Waals surface area contributed by atoms with E-state index in [-0.39, 0.29) is 17.5 Å². The van der Waals surface area contributed by atoms with Gasteiger partial charge in [-0.3, -0.25) is 0 Å². The van der Waals surface area contributed by atoms with Gasteiger partial charge in [0.2, 0.25) is 0 Å². The Morgan fingerprint density at radius 1 is 1.29 bits per heavy atom. The summed E-state index contributed by atoms with van der Waals surface area (Å²) in [5.41, 5.74) is 0.707. The summed E-state index contributed by atoms with van der Waals surface area (Å²) in [7, 11) is 0. The average Bonchev–Trinajstić information content (AvgIpc) is 2.08. The van der Waals surface area contributed by atoms with Gasteiger partial charge in [-0.1, -0.05) is 20.8 Å². The lowest BCUT2D eigenvalue weighted by molar-refractivity contribution is 0.446.